The van der Waals surface area contributed by atoms with E-state index in [4.69, 9.17) is 9.84 Å². The van der Waals surface area contributed by atoms with Crippen LogP contribution in [0, 0.1) is 0 Å². The van der Waals surface area contributed by atoms with Gasteiger partial charge in [-0.2, -0.15) is 0 Å². The van der Waals surface area contributed by atoms with Crippen LogP contribution in [0.2, 0.25) is 0 Å². The lowest BCUT2D eigenvalue weighted by molar-refractivity contribution is 0.0685. The highest BCUT2D eigenvalue weighted by molar-refractivity contribution is 7.99. The zero-order valence-electron chi connectivity index (χ0n) is 9.90. The minimum Gasteiger partial charge on any atom is -0.503 e. The zero-order valence-corrected chi connectivity index (χ0v) is 10.7. The highest BCUT2D eigenvalue weighted by atomic mass is 32.2. The van der Waals surface area contributed by atoms with Crippen molar-refractivity contribution in [2.24, 2.45) is 0 Å². The fourth-order valence-electron chi connectivity index (χ4n) is 1.36. The number of pyridine rings is 2. The normalized spacial score (nSPS) is 10.2. The first-order valence-electron chi connectivity index (χ1n) is 5.22. The maximum atomic E-state index is 11.0. The number of aromatic carboxylic acids is 1. The van der Waals surface area contributed by atoms with Crippen molar-refractivity contribution in [1.29, 1.82) is 0 Å². The lowest BCUT2D eigenvalue weighted by Gasteiger charge is -2.08. The van der Waals surface area contributed by atoms with Gasteiger partial charge in [0.2, 0.25) is 0 Å². The predicted octanol–water partition coefficient (Wildman–Crippen LogP) is 2.04. The molecule has 98 valence electrons. The number of nitrogens with zero attached hydrogens (tertiary/aromatic N) is 2. The topological polar surface area (TPSA) is 92.5 Å². The molecule has 0 saturated carbocycles. The van der Waals surface area contributed by atoms with Crippen LogP contribution in [0.3, 0.4) is 0 Å². The second kappa shape index (κ2) is 5.57. The van der Waals surface area contributed by atoms with E-state index in [1.165, 1.54) is 24.9 Å². The van der Waals surface area contributed by atoms with Gasteiger partial charge in [0.15, 0.2) is 17.2 Å². The van der Waals surface area contributed by atoms with E-state index in [1.807, 2.05) is 6.07 Å². The molecule has 2 N–H and O–H groups in total. The van der Waals surface area contributed by atoms with Crippen molar-refractivity contribution < 1.29 is 19.7 Å². The Kier molecular flexibility index (Phi) is 3.86. The summed E-state index contributed by atoms with van der Waals surface area (Å²) in [7, 11) is 1.34. The van der Waals surface area contributed by atoms with E-state index in [0.717, 1.165) is 0 Å². The molecule has 2 heterocycles. The van der Waals surface area contributed by atoms with Crippen molar-refractivity contribution in [3.8, 4) is 11.5 Å². The molecule has 0 unspecified atom stereocenters. The highest BCUT2D eigenvalue weighted by Gasteiger charge is 2.18. The van der Waals surface area contributed by atoms with Crippen LogP contribution in [0.15, 0.2) is 40.5 Å². The van der Waals surface area contributed by atoms with E-state index < -0.39 is 17.4 Å². The molecule has 0 aliphatic carbocycles. The lowest BCUT2D eigenvalue weighted by atomic mass is 10.3. The average Bonchev–Trinajstić information content (AvgIpc) is 2.41. The van der Waals surface area contributed by atoms with Crippen molar-refractivity contribution in [3.05, 3.63) is 36.2 Å². The molecule has 0 bridgehead atoms. The number of ether oxygens (including phenoxy) is 1. The van der Waals surface area contributed by atoms with Gasteiger partial charge in [-0.15, -0.1) is 0 Å². The number of aromatic hydroxyl groups is 1. The Morgan fingerprint density at radius 3 is 2.74 bits per heavy atom. The van der Waals surface area contributed by atoms with Crippen LogP contribution in [0.25, 0.3) is 0 Å². The van der Waals surface area contributed by atoms with Crippen LogP contribution in [0.5, 0.6) is 11.5 Å². The first-order valence-corrected chi connectivity index (χ1v) is 6.03. The summed E-state index contributed by atoms with van der Waals surface area (Å²) in [4.78, 5) is 19.0. The molecule has 0 fully saturated rings. The Labute approximate surface area is 113 Å². The third-order valence-corrected chi connectivity index (χ3v) is 3.07. The minimum atomic E-state index is -1.32. The molecule has 0 atom stereocenters. The smallest absolute Gasteiger partial charge is 0.358 e. The highest BCUT2D eigenvalue weighted by Crippen LogP contribution is 2.34. The number of carboxylic acid groups (broad SMARTS) is 1. The van der Waals surface area contributed by atoms with Gasteiger partial charge >= 0.3 is 5.97 Å². The van der Waals surface area contributed by atoms with E-state index in [2.05, 4.69) is 9.97 Å². The molecular weight excluding hydrogens is 268 g/mol. The van der Waals surface area contributed by atoms with E-state index in [1.54, 1.807) is 18.3 Å². The number of carbonyl (C=O) groups is 1. The van der Waals surface area contributed by atoms with Gasteiger partial charge < -0.3 is 14.9 Å². The van der Waals surface area contributed by atoms with Gasteiger partial charge in [-0.25, -0.2) is 14.8 Å². The summed E-state index contributed by atoms with van der Waals surface area (Å²) in [5.41, 5.74) is -0.446. The Hall–Kier alpha value is -2.28. The third kappa shape index (κ3) is 2.94. The molecule has 2 aromatic heterocycles. The molecule has 0 amide bonds. The number of methoxy groups -OCH3 is 1. The fraction of sp³-hybridized carbons (Fsp3) is 0.0833. The first kappa shape index (κ1) is 13.2. The Balaban J connectivity index is 2.41. The zero-order chi connectivity index (χ0) is 13.8. The molecule has 2 rings (SSSR count). The van der Waals surface area contributed by atoms with Gasteiger partial charge in [0.25, 0.3) is 0 Å². The van der Waals surface area contributed by atoms with E-state index in [0.29, 0.717) is 10.1 Å². The summed E-state index contributed by atoms with van der Waals surface area (Å²) in [6.45, 7) is 0. The molecule has 0 spiro atoms. The number of hydrogen-bond acceptors (Lipinski definition) is 6. The summed E-state index contributed by atoms with van der Waals surface area (Å²) in [6, 6.07) is 6.82. The number of carboxylic acids is 1. The van der Waals surface area contributed by atoms with Crippen molar-refractivity contribution in [1.82, 2.24) is 9.97 Å². The van der Waals surface area contributed by atoms with Gasteiger partial charge in [-0.1, -0.05) is 6.07 Å². The van der Waals surface area contributed by atoms with Gasteiger partial charge in [0.05, 0.1) is 7.11 Å². The maximum Gasteiger partial charge on any atom is 0.358 e. The SMILES string of the molecule is COc1cc(Sc2ccccn2)nc(C(=O)O)c1O. The molecule has 19 heavy (non-hydrogen) atoms. The molecule has 0 saturated heterocycles. The van der Waals surface area contributed by atoms with Crippen LogP contribution >= 0.6 is 11.8 Å². The number of rotatable bonds is 4. The largest absolute Gasteiger partial charge is 0.503 e. The van der Waals surface area contributed by atoms with Crippen molar-refractivity contribution in [2.75, 3.05) is 7.11 Å². The molecule has 0 radical (unpaired) electrons. The lowest BCUT2D eigenvalue weighted by Crippen LogP contribution is -2.03. The summed E-state index contributed by atoms with van der Waals surface area (Å²) in [5, 5.41) is 19.7. The molecular formula is C12H10N2O4S. The maximum absolute atomic E-state index is 11.0. The average molecular weight is 278 g/mol. The molecule has 2 aromatic rings. The van der Waals surface area contributed by atoms with Crippen LogP contribution in [0.1, 0.15) is 10.5 Å². The Morgan fingerprint density at radius 1 is 1.37 bits per heavy atom. The standard InChI is InChI=1S/C12H10N2O4S/c1-18-7-6-9(14-10(11(7)15)12(16)17)19-8-4-2-3-5-13-8/h2-6,15H,1H3,(H,16,17). The summed E-state index contributed by atoms with van der Waals surface area (Å²) >= 11 is 1.18. The van der Waals surface area contributed by atoms with Crippen LogP contribution in [0.4, 0.5) is 0 Å². The van der Waals surface area contributed by atoms with Crippen molar-refractivity contribution in [2.45, 2.75) is 10.1 Å². The summed E-state index contributed by atoms with van der Waals surface area (Å²) in [5.74, 6) is -1.74. The van der Waals surface area contributed by atoms with Crippen LogP contribution in [-0.2, 0) is 0 Å². The number of hydrogen-bond donors (Lipinski definition) is 2. The van der Waals surface area contributed by atoms with Crippen molar-refractivity contribution in [3.63, 3.8) is 0 Å². The fourth-order valence-corrected chi connectivity index (χ4v) is 2.14. The van der Waals surface area contributed by atoms with Crippen LogP contribution in [-0.4, -0.2) is 33.3 Å². The molecule has 0 aliphatic heterocycles. The second-order valence-corrected chi connectivity index (χ2v) is 4.48. The predicted molar refractivity (Wildman–Crippen MR) is 67.8 cm³/mol. The van der Waals surface area contributed by atoms with Crippen LogP contribution < -0.4 is 4.74 Å². The number of aromatic nitrogens is 2. The quantitative estimate of drug-likeness (QED) is 0.883. The van der Waals surface area contributed by atoms with Gasteiger partial charge in [-0.3, -0.25) is 0 Å². The summed E-state index contributed by atoms with van der Waals surface area (Å²) in [6.07, 6.45) is 1.62. The Bertz CT molecular complexity index is 604. The Morgan fingerprint density at radius 2 is 2.16 bits per heavy atom. The molecule has 0 aliphatic rings. The second-order valence-electron chi connectivity index (χ2n) is 3.44. The first-order chi connectivity index (χ1) is 9.11. The van der Waals surface area contributed by atoms with E-state index >= 15 is 0 Å². The molecule has 7 heteroatoms. The third-order valence-electron chi connectivity index (χ3n) is 2.20. The van der Waals surface area contributed by atoms with Gasteiger partial charge in [-0.05, 0) is 23.9 Å². The molecule has 0 aromatic carbocycles. The van der Waals surface area contributed by atoms with E-state index in [9.17, 15) is 9.90 Å². The monoisotopic (exact) mass is 278 g/mol. The van der Waals surface area contributed by atoms with Gasteiger partial charge in [0, 0.05) is 12.3 Å². The van der Waals surface area contributed by atoms with Crippen molar-refractivity contribution >= 4 is 17.7 Å². The van der Waals surface area contributed by atoms with Gasteiger partial charge in [0.1, 0.15) is 10.1 Å². The van der Waals surface area contributed by atoms with E-state index in [-0.39, 0.29) is 5.75 Å². The minimum absolute atomic E-state index is 0.0610. The molecule has 6 nitrogen and oxygen atoms in total. The summed E-state index contributed by atoms with van der Waals surface area (Å²) < 4.78 is 4.93.